The second-order valence-electron chi connectivity index (χ2n) is 4.76. The van der Waals surface area contributed by atoms with Crippen LogP contribution in [-0.2, 0) is 6.61 Å². The first-order valence-electron chi connectivity index (χ1n) is 6.54. The predicted molar refractivity (Wildman–Crippen MR) is 74.6 cm³/mol. The summed E-state index contributed by atoms with van der Waals surface area (Å²) in [4.78, 5) is 0. The minimum absolute atomic E-state index is 0.0372. The van der Waals surface area contributed by atoms with Gasteiger partial charge >= 0.3 is 0 Å². The Bertz CT molecular complexity index is 611. The van der Waals surface area contributed by atoms with E-state index in [1.165, 1.54) is 24.3 Å². The summed E-state index contributed by atoms with van der Waals surface area (Å²) >= 11 is 0. The van der Waals surface area contributed by atoms with Gasteiger partial charge in [-0.3, -0.25) is 0 Å². The molecule has 0 aromatic heterocycles. The van der Waals surface area contributed by atoms with E-state index in [-0.39, 0.29) is 12.6 Å². The highest BCUT2D eigenvalue weighted by atomic mass is 19.1. The van der Waals surface area contributed by atoms with Gasteiger partial charge in [-0.15, -0.1) is 0 Å². The molecule has 21 heavy (non-hydrogen) atoms. The first-order valence-corrected chi connectivity index (χ1v) is 6.54. The molecule has 1 N–H and O–H groups in total. The second kappa shape index (κ2) is 6.63. The zero-order valence-electron chi connectivity index (χ0n) is 11.8. The van der Waals surface area contributed by atoms with Crippen LogP contribution < -0.4 is 10.1 Å². The van der Waals surface area contributed by atoms with Crippen LogP contribution in [0.1, 0.15) is 24.1 Å². The van der Waals surface area contributed by atoms with Gasteiger partial charge in [-0.05, 0) is 37.7 Å². The van der Waals surface area contributed by atoms with Crippen LogP contribution in [-0.4, -0.2) is 7.05 Å². The van der Waals surface area contributed by atoms with Gasteiger partial charge < -0.3 is 10.1 Å². The molecule has 5 heteroatoms. The van der Waals surface area contributed by atoms with Gasteiger partial charge in [0.1, 0.15) is 29.8 Å². The van der Waals surface area contributed by atoms with E-state index in [9.17, 15) is 13.2 Å². The predicted octanol–water partition coefficient (Wildman–Crippen LogP) is 3.96. The lowest BCUT2D eigenvalue weighted by molar-refractivity contribution is 0.297. The molecule has 2 aromatic carbocycles. The van der Waals surface area contributed by atoms with Gasteiger partial charge in [0, 0.05) is 23.7 Å². The van der Waals surface area contributed by atoms with Gasteiger partial charge in [-0.1, -0.05) is 6.07 Å². The fraction of sp³-hybridized carbons (Fsp3) is 0.250. The summed E-state index contributed by atoms with van der Waals surface area (Å²) in [7, 11) is 1.78. The second-order valence-corrected chi connectivity index (χ2v) is 4.76. The van der Waals surface area contributed by atoms with Crippen molar-refractivity contribution in [3.63, 3.8) is 0 Å². The van der Waals surface area contributed by atoms with Gasteiger partial charge in [0.2, 0.25) is 0 Å². The highest BCUT2D eigenvalue weighted by Crippen LogP contribution is 2.27. The smallest absolute Gasteiger partial charge is 0.127 e. The lowest BCUT2D eigenvalue weighted by Gasteiger charge is -2.16. The number of nitrogens with one attached hydrogen (secondary N) is 1. The van der Waals surface area contributed by atoms with Gasteiger partial charge in [0.25, 0.3) is 0 Å². The molecule has 0 amide bonds. The van der Waals surface area contributed by atoms with E-state index in [1.807, 2.05) is 6.92 Å². The molecule has 2 rings (SSSR count). The Balaban J connectivity index is 2.20. The summed E-state index contributed by atoms with van der Waals surface area (Å²) in [6, 6.07) is 7.35. The molecule has 1 atom stereocenters. The maximum Gasteiger partial charge on any atom is 0.127 e. The molecule has 112 valence electrons. The van der Waals surface area contributed by atoms with Crippen LogP contribution in [0.3, 0.4) is 0 Å². The molecule has 0 spiro atoms. The van der Waals surface area contributed by atoms with Crippen LogP contribution in [0, 0.1) is 17.5 Å². The van der Waals surface area contributed by atoms with E-state index < -0.39 is 17.5 Å². The Labute approximate surface area is 121 Å². The lowest BCUT2D eigenvalue weighted by atomic mass is 10.1. The number of hydrogen-bond acceptors (Lipinski definition) is 2. The first-order chi connectivity index (χ1) is 9.99. The number of halogens is 3. The molecule has 0 saturated carbocycles. The van der Waals surface area contributed by atoms with Crippen LogP contribution in [0.15, 0.2) is 36.4 Å². The first kappa shape index (κ1) is 15.4. The molecular formula is C16H16F3NO. The molecule has 0 radical (unpaired) electrons. The molecule has 2 nitrogen and oxygen atoms in total. The van der Waals surface area contributed by atoms with Crippen molar-refractivity contribution in [1.82, 2.24) is 5.32 Å². The maximum absolute atomic E-state index is 13.3. The molecule has 0 saturated heterocycles. The van der Waals surface area contributed by atoms with Gasteiger partial charge in [-0.2, -0.15) is 0 Å². The number of ether oxygens (including phenoxy) is 1. The van der Waals surface area contributed by atoms with E-state index >= 15 is 0 Å². The van der Waals surface area contributed by atoms with E-state index in [4.69, 9.17) is 4.74 Å². The molecule has 0 aliphatic carbocycles. The van der Waals surface area contributed by atoms with Crippen molar-refractivity contribution in [3.8, 4) is 5.75 Å². The maximum atomic E-state index is 13.3. The average Bonchev–Trinajstić information content (AvgIpc) is 2.43. The highest BCUT2D eigenvalue weighted by molar-refractivity contribution is 5.36. The third-order valence-corrected chi connectivity index (χ3v) is 3.19. The Hall–Kier alpha value is -2.01. The molecule has 0 fully saturated rings. The monoisotopic (exact) mass is 295 g/mol. The largest absolute Gasteiger partial charge is 0.488 e. The quantitative estimate of drug-likeness (QED) is 0.901. The normalized spacial score (nSPS) is 12.2. The topological polar surface area (TPSA) is 21.3 Å². The van der Waals surface area contributed by atoms with Gasteiger partial charge in [0.05, 0.1) is 0 Å². The third-order valence-electron chi connectivity index (χ3n) is 3.19. The Morgan fingerprint density at radius 2 is 1.67 bits per heavy atom. The molecule has 0 aliphatic rings. The van der Waals surface area contributed by atoms with Crippen molar-refractivity contribution in [2.75, 3.05) is 7.05 Å². The molecule has 0 bridgehead atoms. The minimum atomic E-state index is -0.670. The summed E-state index contributed by atoms with van der Waals surface area (Å²) in [5.41, 5.74) is 1.12. The van der Waals surface area contributed by atoms with E-state index in [1.54, 1.807) is 13.1 Å². The fourth-order valence-electron chi connectivity index (χ4n) is 2.00. The number of rotatable bonds is 5. The van der Waals surface area contributed by atoms with Gasteiger partial charge in [-0.25, -0.2) is 13.2 Å². The molecule has 1 unspecified atom stereocenters. The van der Waals surface area contributed by atoms with Crippen LogP contribution in [0.25, 0.3) is 0 Å². The van der Waals surface area contributed by atoms with Crippen molar-refractivity contribution in [3.05, 3.63) is 65.0 Å². The summed E-state index contributed by atoms with van der Waals surface area (Å²) in [5.74, 6) is -1.42. The lowest BCUT2D eigenvalue weighted by Crippen LogP contribution is -2.14. The zero-order valence-corrected chi connectivity index (χ0v) is 11.8. The standard InChI is InChI=1S/C16H16F3NO/c1-10(20-2)15-4-3-12(17)8-16(15)21-9-11-5-13(18)7-14(19)6-11/h3-8,10,20H,9H2,1-2H3. The molecular weight excluding hydrogens is 279 g/mol. The fourth-order valence-corrected chi connectivity index (χ4v) is 2.00. The minimum Gasteiger partial charge on any atom is -0.488 e. The number of benzene rings is 2. The third kappa shape index (κ3) is 3.98. The van der Waals surface area contributed by atoms with E-state index in [0.717, 1.165) is 11.6 Å². The van der Waals surface area contributed by atoms with E-state index in [2.05, 4.69) is 5.32 Å². The van der Waals surface area contributed by atoms with Crippen LogP contribution in [0.4, 0.5) is 13.2 Å². The zero-order chi connectivity index (χ0) is 15.4. The van der Waals surface area contributed by atoms with Crippen LogP contribution >= 0.6 is 0 Å². The average molecular weight is 295 g/mol. The van der Waals surface area contributed by atoms with Crippen molar-refractivity contribution in [2.24, 2.45) is 0 Å². The molecule has 0 aliphatic heterocycles. The van der Waals surface area contributed by atoms with E-state index in [0.29, 0.717) is 11.3 Å². The molecule has 0 heterocycles. The van der Waals surface area contributed by atoms with Crippen LogP contribution in [0.5, 0.6) is 5.75 Å². The Morgan fingerprint density at radius 1 is 1.00 bits per heavy atom. The SMILES string of the molecule is CNC(C)c1ccc(F)cc1OCc1cc(F)cc(F)c1. The Kier molecular flexibility index (Phi) is 4.85. The number of hydrogen-bond donors (Lipinski definition) is 1. The van der Waals surface area contributed by atoms with Crippen LogP contribution in [0.2, 0.25) is 0 Å². The van der Waals surface area contributed by atoms with Crippen molar-refractivity contribution in [2.45, 2.75) is 19.6 Å². The summed E-state index contributed by atoms with van der Waals surface area (Å²) in [5, 5.41) is 3.04. The highest BCUT2D eigenvalue weighted by Gasteiger charge is 2.12. The Morgan fingerprint density at radius 3 is 2.29 bits per heavy atom. The molecule has 2 aromatic rings. The van der Waals surface area contributed by atoms with Crippen molar-refractivity contribution >= 4 is 0 Å². The summed E-state index contributed by atoms with van der Waals surface area (Å²) < 4.78 is 45.1. The summed E-state index contributed by atoms with van der Waals surface area (Å²) in [6.07, 6.45) is 0. The van der Waals surface area contributed by atoms with Crippen molar-refractivity contribution < 1.29 is 17.9 Å². The van der Waals surface area contributed by atoms with Gasteiger partial charge in [0.15, 0.2) is 0 Å². The van der Waals surface area contributed by atoms with Crippen molar-refractivity contribution in [1.29, 1.82) is 0 Å². The summed E-state index contributed by atoms with van der Waals surface area (Å²) in [6.45, 7) is 1.86.